The highest BCUT2D eigenvalue weighted by Crippen LogP contribution is 2.55. The van der Waals surface area contributed by atoms with E-state index in [0.717, 1.165) is 36.5 Å². The maximum Gasteiger partial charge on any atom is 0.311 e. The van der Waals surface area contributed by atoms with Crippen LogP contribution < -0.4 is 0 Å². The summed E-state index contributed by atoms with van der Waals surface area (Å²) in [5.41, 5.74) is 0. The van der Waals surface area contributed by atoms with Gasteiger partial charge in [0, 0.05) is 0 Å². The van der Waals surface area contributed by atoms with Crippen molar-refractivity contribution < 1.29 is 74.1 Å². The topological polar surface area (TPSA) is 242 Å². The third-order valence-corrected chi connectivity index (χ3v) is 14.4. The molecule has 2 saturated heterocycles. The lowest BCUT2D eigenvalue weighted by molar-refractivity contribution is -0.376. The van der Waals surface area contributed by atoms with Crippen LogP contribution in [0.1, 0.15) is 105 Å². The van der Waals surface area contributed by atoms with Crippen molar-refractivity contribution in [2.24, 2.45) is 59.2 Å². The average molecular weight is 815 g/mol. The van der Waals surface area contributed by atoms with Gasteiger partial charge in [-0.05, 0) is 112 Å². The number of esters is 2. The summed E-state index contributed by atoms with van der Waals surface area (Å²) in [4.78, 5) is 26.2. The Morgan fingerprint density at radius 3 is 1.21 bits per heavy atom. The van der Waals surface area contributed by atoms with Gasteiger partial charge in [0.05, 0.1) is 24.0 Å². The maximum absolute atomic E-state index is 13.1. The molecular formula is C42H70O15. The Kier molecular flexibility index (Phi) is 15.4. The molecule has 0 radical (unpaired) electrons. The summed E-state index contributed by atoms with van der Waals surface area (Å²) in [5.74, 6) is 2.09. The Bertz CT molecular complexity index is 1220. The van der Waals surface area contributed by atoms with Crippen molar-refractivity contribution in [2.75, 3.05) is 13.2 Å². The van der Waals surface area contributed by atoms with Gasteiger partial charge in [-0.2, -0.15) is 0 Å². The summed E-state index contributed by atoms with van der Waals surface area (Å²) < 4.78 is 27.9. The molecule has 0 amide bonds. The highest BCUT2D eigenvalue weighted by molar-refractivity contribution is 5.73. The van der Waals surface area contributed by atoms with E-state index >= 15 is 0 Å². The van der Waals surface area contributed by atoms with Crippen molar-refractivity contribution in [1.82, 2.24) is 0 Å². The molecule has 2 heterocycles. The van der Waals surface area contributed by atoms with E-state index in [9.17, 15) is 50.4 Å². The molecule has 4 aliphatic carbocycles. The highest BCUT2D eigenvalue weighted by Gasteiger charge is 2.52. The summed E-state index contributed by atoms with van der Waals surface area (Å²) in [6.07, 6.45) is -7.98. The molecule has 0 spiro atoms. The van der Waals surface area contributed by atoms with E-state index in [0.29, 0.717) is 49.4 Å². The molecule has 0 aromatic carbocycles. The standard InChI is InChI=1S/C42H70O15/c1-5-19-9-21(19)11-23-13-25(23)15-29(43)27(7-3)39(51)53-17-31-33(45)35(47)37(49)41(55-31)57-42-38(50)36(48)34(46)32(56-42)18-54-40(52)28(8-4)30(44)16-26-14-24(26)12-22-10-20(22)6-2/h19-38,41-50H,5-18H2,1-4H3/t19-,20-,21-,22-,23-,24-,25-,26-,27-,28-,29-,30-,31?,32?,33?,34?,35?,36?,37?,38?,41?,42?/m1/s1. The van der Waals surface area contributed by atoms with E-state index in [-0.39, 0.29) is 0 Å². The Balaban J connectivity index is 0.965. The molecule has 15 heteroatoms. The maximum atomic E-state index is 13.1. The molecule has 0 bridgehead atoms. The van der Waals surface area contributed by atoms with Crippen LogP contribution in [0.4, 0.5) is 0 Å². The number of ether oxygens (including phenoxy) is 5. The van der Waals surface area contributed by atoms with Gasteiger partial charge in [-0.15, -0.1) is 0 Å². The molecule has 6 rings (SSSR count). The zero-order chi connectivity index (χ0) is 41.3. The first kappa shape index (κ1) is 45.0. The van der Waals surface area contributed by atoms with Crippen LogP contribution in [0.3, 0.4) is 0 Å². The van der Waals surface area contributed by atoms with Crippen molar-refractivity contribution in [3.8, 4) is 0 Å². The third kappa shape index (κ3) is 11.1. The molecule has 6 aliphatic rings. The van der Waals surface area contributed by atoms with Crippen LogP contribution in [0.5, 0.6) is 0 Å². The number of rotatable bonds is 22. The van der Waals surface area contributed by atoms with E-state index in [1.54, 1.807) is 13.8 Å². The number of hydrogen-bond acceptors (Lipinski definition) is 15. The van der Waals surface area contributed by atoms with Gasteiger partial charge in [0.1, 0.15) is 62.0 Å². The second-order valence-electron chi connectivity index (χ2n) is 18.4. The van der Waals surface area contributed by atoms with Crippen LogP contribution in [-0.4, -0.2) is 140 Å². The lowest BCUT2D eigenvalue weighted by atomic mass is 9.94. The lowest BCUT2D eigenvalue weighted by Crippen LogP contribution is -2.64. The van der Waals surface area contributed by atoms with E-state index < -0.39 is 111 Å². The van der Waals surface area contributed by atoms with Crippen LogP contribution in [0.25, 0.3) is 0 Å². The average Bonchev–Trinajstić information content (AvgIpc) is 4.01. The summed E-state index contributed by atoms with van der Waals surface area (Å²) in [6, 6.07) is 0. The molecule has 22 atom stereocenters. The molecule has 2 aliphatic heterocycles. The first-order valence-electron chi connectivity index (χ1n) is 21.9. The molecule has 0 aromatic rings. The van der Waals surface area contributed by atoms with E-state index in [1.807, 2.05) is 0 Å². The Morgan fingerprint density at radius 2 is 0.877 bits per heavy atom. The van der Waals surface area contributed by atoms with E-state index in [2.05, 4.69) is 13.8 Å². The number of carbonyl (C=O) groups excluding carboxylic acids is 2. The summed E-state index contributed by atoms with van der Waals surface area (Å²) in [6.45, 7) is 6.85. The minimum absolute atomic E-state index is 0.320. The van der Waals surface area contributed by atoms with Crippen molar-refractivity contribution in [2.45, 2.75) is 178 Å². The molecule has 4 saturated carbocycles. The van der Waals surface area contributed by atoms with Gasteiger partial charge >= 0.3 is 11.9 Å². The van der Waals surface area contributed by atoms with Crippen LogP contribution in [0.15, 0.2) is 0 Å². The number of aliphatic hydroxyl groups is 8. The highest BCUT2D eigenvalue weighted by atomic mass is 16.8. The molecule has 6 fully saturated rings. The normalized spacial score (nSPS) is 44.4. The van der Waals surface area contributed by atoms with E-state index in [1.165, 1.54) is 38.5 Å². The fraction of sp³-hybridized carbons (Fsp3) is 0.952. The van der Waals surface area contributed by atoms with Crippen LogP contribution in [0, 0.1) is 59.2 Å². The SMILES string of the molecule is CC[C@@H]1C[C@@H]1C[C@@H]1C[C@@H]1C[C@@H](O)[C@@H](CC)C(=O)OCC1OC(OC2OC(COC(=O)[C@H](CC)[C@H](O)C[C@H]3C[C@H]3C[C@H]3C[C@H]3CC)C(O)C(O)C2O)C(O)C(O)C1O. The minimum Gasteiger partial charge on any atom is -0.463 e. The number of hydrogen-bond donors (Lipinski definition) is 8. The smallest absolute Gasteiger partial charge is 0.311 e. The van der Waals surface area contributed by atoms with Crippen LogP contribution in [-0.2, 0) is 33.3 Å². The van der Waals surface area contributed by atoms with Crippen molar-refractivity contribution in [3.63, 3.8) is 0 Å². The Hall–Kier alpha value is -1.50. The van der Waals surface area contributed by atoms with Crippen molar-refractivity contribution >= 4 is 11.9 Å². The number of aliphatic hydroxyl groups excluding tert-OH is 8. The summed E-state index contributed by atoms with van der Waals surface area (Å²) in [5, 5.41) is 86.0. The Labute approximate surface area is 336 Å². The van der Waals surface area contributed by atoms with Crippen LogP contribution >= 0.6 is 0 Å². The minimum atomic E-state index is -1.88. The molecule has 328 valence electrons. The van der Waals surface area contributed by atoms with Gasteiger partial charge in [0.25, 0.3) is 0 Å². The second kappa shape index (κ2) is 19.5. The van der Waals surface area contributed by atoms with Crippen molar-refractivity contribution in [1.29, 1.82) is 0 Å². The predicted octanol–water partition coefficient (Wildman–Crippen LogP) is 1.40. The first-order chi connectivity index (χ1) is 27.2. The molecule has 10 unspecified atom stereocenters. The quantitative estimate of drug-likeness (QED) is 0.0721. The molecule has 0 aromatic heterocycles. The van der Waals surface area contributed by atoms with Crippen molar-refractivity contribution in [3.05, 3.63) is 0 Å². The zero-order valence-electron chi connectivity index (χ0n) is 34.0. The zero-order valence-corrected chi connectivity index (χ0v) is 34.0. The van der Waals surface area contributed by atoms with Gasteiger partial charge in [-0.3, -0.25) is 9.59 Å². The van der Waals surface area contributed by atoms with Gasteiger partial charge < -0.3 is 64.5 Å². The monoisotopic (exact) mass is 814 g/mol. The second-order valence-corrected chi connectivity index (χ2v) is 18.4. The fourth-order valence-electron chi connectivity index (χ4n) is 9.90. The first-order valence-corrected chi connectivity index (χ1v) is 21.9. The third-order valence-electron chi connectivity index (χ3n) is 14.4. The molecule has 8 N–H and O–H groups in total. The molecule has 15 nitrogen and oxygen atoms in total. The van der Waals surface area contributed by atoms with E-state index in [4.69, 9.17) is 23.7 Å². The predicted molar refractivity (Wildman–Crippen MR) is 201 cm³/mol. The Morgan fingerprint density at radius 1 is 0.526 bits per heavy atom. The lowest BCUT2D eigenvalue weighted by Gasteiger charge is -2.44. The summed E-state index contributed by atoms with van der Waals surface area (Å²) in [7, 11) is 0. The van der Waals surface area contributed by atoms with Crippen LogP contribution in [0.2, 0.25) is 0 Å². The largest absolute Gasteiger partial charge is 0.463 e. The van der Waals surface area contributed by atoms with Gasteiger partial charge in [0.15, 0.2) is 12.6 Å². The molecular weight excluding hydrogens is 744 g/mol. The van der Waals surface area contributed by atoms with Gasteiger partial charge in [0.2, 0.25) is 0 Å². The van der Waals surface area contributed by atoms with Gasteiger partial charge in [-0.25, -0.2) is 0 Å². The molecule has 57 heavy (non-hydrogen) atoms. The summed E-state index contributed by atoms with van der Waals surface area (Å²) >= 11 is 0. The fourth-order valence-corrected chi connectivity index (χ4v) is 9.90. The van der Waals surface area contributed by atoms with Gasteiger partial charge in [-0.1, -0.05) is 40.5 Å². The number of carbonyl (C=O) groups is 2.